The number of rotatable bonds is 5. The van der Waals surface area contributed by atoms with Crippen LogP contribution in [0.1, 0.15) is 17.5 Å². The van der Waals surface area contributed by atoms with Gasteiger partial charge in [0.15, 0.2) is 6.67 Å². The summed E-state index contributed by atoms with van der Waals surface area (Å²) in [5, 5.41) is 1.83. The lowest BCUT2D eigenvalue weighted by molar-refractivity contribution is -0.650. The van der Waals surface area contributed by atoms with Crippen LogP contribution in [0.4, 0.5) is 24.5 Å². The van der Waals surface area contributed by atoms with Crippen molar-refractivity contribution in [2.45, 2.75) is 19.0 Å². The van der Waals surface area contributed by atoms with Crippen LogP contribution in [0.3, 0.4) is 0 Å². The zero-order valence-corrected chi connectivity index (χ0v) is 18.3. The molecule has 2 fully saturated rings. The molecule has 0 radical (unpaired) electrons. The number of para-hydroxylation sites is 1. The maximum absolute atomic E-state index is 13.0. The minimum atomic E-state index is -4.32. The van der Waals surface area contributed by atoms with Crippen LogP contribution in [0, 0.1) is 4.91 Å². The van der Waals surface area contributed by atoms with Crippen molar-refractivity contribution in [1.29, 1.82) is 0 Å². The van der Waals surface area contributed by atoms with Crippen LogP contribution in [0.5, 0.6) is 0 Å². The molecule has 3 aliphatic rings. The zero-order chi connectivity index (χ0) is 23.0. The van der Waals surface area contributed by atoms with Gasteiger partial charge in [0.2, 0.25) is 0 Å². The van der Waals surface area contributed by atoms with Crippen molar-refractivity contribution in [3.05, 3.63) is 76.5 Å². The Morgan fingerprint density at radius 3 is 2.52 bits per heavy atom. The first kappa shape index (κ1) is 21.8. The molecule has 0 unspecified atom stereocenters. The van der Waals surface area contributed by atoms with Crippen molar-refractivity contribution >= 4 is 11.4 Å². The van der Waals surface area contributed by atoms with Gasteiger partial charge in [0, 0.05) is 56.5 Å². The number of benzene rings is 2. The van der Waals surface area contributed by atoms with E-state index in [0.29, 0.717) is 37.8 Å². The fraction of sp³-hybridized carbons (Fsp3) is 0.417. The lowest BCUT2D eigenvalue weighted by Gasteiger charge is -2.36. The molecule has 3 aliphatic heterocycles. The lowest BCUT2D eigenvalue weighted by Crippen LogP contribution is -2.47. The third-order valence-corrected chi connectivity index (χ3v) is 6.62. The average Bonchev–Trinajstić information content (AvgIpc) is 3.15. The number of anilines is 2. The Balaban J connectivity index is 1.11. The quantitative estimate of drug-likeness (QED) is 0.631. The highest BCUT2D eigenvalue weighted by molar-refractivity contribution is 5.60. The van der Waals surface area contributed by atoms with E-state index in [2.05, 4.69) is 21.9 Å². The second kappa shape index (κ2) is 8.70. The normalized spacial score (nSPS) is 18.9. The Morgan fingerprint density at radius 1 is 0.939 bits per heavy atom. The summed E-state index contributed by atoms with van der Waals surface area (Å²) in [6.07, 6.45) is -0.715. The topological polar surface area (TPSA) is 33.0 Å². The lowest BCUT2D eigenvalue weighted by atomic mass is 10.1. The monoisotopic (exact) mass is 458 g/mol. The second-order valence-electron chi connectivity index (χ2n) is 8.70. The maximum atomic E-state index is 13.0. The molecular weight excluding hydrogens is 431 g/mol. The highest BCUT2D eigenvalue weighted by Crippen LogP contribution is 2.34. The molecule has 6 nitrogen and oxygen atoms in total. The smallest absolute Gasteiger partial charge is 0.369 e. The van der Waals surface area contributed by atoms with E-state index in [1.807, 2.05) is 28.1 Å². The molecule has 0 spiro atoms. The number of piperazine rings is 1. The van der Waals surface area contributed by atoms with E-state index in [-0.39, 0.29) is 0 Å². The van der Waals surface area contributed by atoms with Crippen molar-refractivity contribution in [2.24, 2.45) is 0 Å². The Bertz CT molecular complexity index is 1060. The first-order valence-corrected chi connectivity index (χ1v) is 11.3. The minimum Gasteiger partial charge on any atom is -0.369 e. The number of nitroso groups, excluding NO2 is 1. The number of hydrogen-bond donors (Lipinski definition) is 0. The number of hydrogen-bond acceptors (Lipinski definition) is 4. The highest BCUT2D eigenvalue weighted by Gasteiger charge is 2.43. The fourth-order valence-corrected chi connectivity index (χ4v) is 4.82. The number of nitrogens with zero attached hydrogens (tertiary/aromatic N) is 5. The van der Waals surface area contributed by atoms with Gasteiger partial charge in [0.05, 0.1) is 17.0 Å². The summed E-state index contributed by atoms with van der Waals surface area (Å²) in [5.74, 6) is 0.698. The molecule has 2 aromatic rings. The van der Waals surface area contributed by atoms with Gasteiger partial charge in [-0.2, -0.15) is 18.2 Å². The van der Waals surface area contributed by atoms with E-state index in [0.717, 1.165) is 49.1 Å². The van der Waals surface area contributed by atoms with Gasteiger partial charge in [-0.25, -0.2) is 4.90 Å². The first-order chi connectivity index (χ1) is 15.9. The van der Waals surface area contributed by atoms with E-state index in [1.165, 1.54) is 17.7 Å². The van der Waals surface area contributed by atoms with E-state index < -0.39 is 11.7 Å². The number of hydrazine groups is 1. The van der Waals surface area contributed by atoms with Gasteiger partial charge in [-0.05, 0) is 35.6 Å². The largest absolute Gasteiger partial charge is 0.416 e. The van der Waals surface area contributed by atoms with Crippen LogP contribution >= 0.6 is 0 Å². The maximum Gasteiger partial charge on any atom is 0.416 e. The van der Waals surface area contributed by atoms with Crippen LogP contribution in [0.25, 0.3) is 0 Å². The predicted octanol–water partition coefficient (Wildman–Crippen LogP) is 4.09. The summed E-state index contributed by atoms with van der Waals surface area (Å²) < 4.78 is 39.0. The van der Waals surface area contributed by atoms with E-state index in [1.54, 1.807) is 6.07 Å². The molecule has 0 aromatic heterocycles. The number of allylic oxidation sites excluding steroid dienone is 1. The van der Waals surface area contributed by atoms with Gasteiger partial charge in [-0.15, -0.1) is 0 Å². The Kier molecular flexibility index (Phi) is 5.74. The molecule has 5 rings (SSSR count). The van der Waals surface area contributed by atoms with Gasteiger partial charge in [0.25, 0.3) is 0 Å². The summed E-state index contributed by atoms with van der Waals surface area (Å²) in [7, 11) is 0. The van der Waals surface area contributed by atoms with Crippen LogP contribution < -0.4 is 9.80 Å². The molecule has 174 valence electrons. The van der Waals surface area contributed by atoms with Gasteiger partial charge >= 0.3 is 12.0 Å². The van der Waals surface area contributed by atoms with E-state index in [4.69, 9.17) is 0 Å². The molecule has 0 N–H and O–H groups in total. The minimum absolute atomic E-state index is 0.551. The summed E-state index contributed by atoms with van der Waals surface area (Å²) in [5.41, 5.74) is 2.34. The number of halogens is 3. The molecule has 3 heterocycles. The van der Waals surface area contributed by atoms with Crippen molar-refractivity contribution in [3.8, 4) is 0 Å². The van der Waals surface area contributed by atoms with Crippen molar-refractivity contribution in [2.75, 3.05) is 55.7 Å². The van der Waals surface area contributed by atoms with Gasteiger partial charge in [-0.1, -0.05) is 24.3 Å². The van der Waals surface area contributed by atoms with Crippen molar-refractivity contribution in [1.82, 2.24) is 9.91 Å². The fourth-order valence-electron chi connectivity index (χ4n) is 4.82. The number of alkyl halides is 3. The molecule has 0 bridgehead atoms. The van der Waals surface area contributed by atoms with Crippen LogP contribution in [-0.4, -0.2) is 60.7 Å². The van der Waals surface area contributed by atoms with E-state index in [9.17, 15) is 18.1 Å². The van der Waals surface area contributed by atoms with Gasteiger partial charge in [-0.3, -0.25) is 4.90 Å². The molecular formula is C24H27F3N5O+. The summed E-state index contributed by atoms with van der Waals surface area (Å²) in [6.45, 7) is 5.04. The molecule has 2 saturated heterocycles. The molecule has 0 aliphatic carbocycles. The Hall–Kier alpha value is -3.07. The van der Waals surface area contributed by atoms with Crippen LogP contribution in [0.15, 0.2) is 60.4 Å². The third-order valence-electron chi connectivity index (χ3n) is 6.62. The molecule has 0 atom stereocenters. The summed E-state index contributed by atoms with van der Waals surface area (Å²) in [6, 6.07) is 13.7. The molecule has 0 saturated carbocycles. The molecule has 2 aromatic carbocycles. The Morgan fingerprint density at radius 2 is 1.73 bits per heavy atom. The number of fused-ring (bicyclic) bond motifs is 3. The summed E-state index contributed by atoms with van der Waals surface area (Å²) in [4.78, 5) is 20.2. The molecule has 9 heteroatoms. The van der Waals surface area contributed by atoms with Crippen LogP contribution in [-0.2, 0) is 12.6 Å². The van der Waals surface area contributed by atoms with Crippen molar-refractivity contribution < 1.29 is 18.0 Å². The molecule has 33 heavy (non-hydrogen) atoms. The van der Waals surface area contributed by atoms with Gasteiger partial charge < -0.3 is 4.90 Å². The SMILES string of the molecule is O=[N+]1C2=CCc3ccccc3N2CN1CCCN1CCN(c2cccc(C(F)(F)F)c2)CC1. The van der Waals surface area contributed by atoms with Crippen molar-refractivity contribution in [3.63, 3.8) is 0 Å². The highest BCUT2D eigenvalue weighted by atomic mass is 19.4. The molecule has 0 amide bonds. The average molecular weight is 459 g/mol. The third kappa shape index (κ3) is 4.42. The van der Waals surface area contributed by atoms with E-state index >= 15 is 0 Å². The predicted molar refractivity (Wildman–Crippen MR) is 121 cm³/mol. The van der Waals surface area contributed by atoms with Gasteiger partial charge in [0.1, 0.15) is 5.69 Å². The zero-order valence-electron chi connectivity index (χ0n) is 18.3. The summed E-state index contributed by atoms with van der Waals surface area (Å²) >= 11 is 0. The standard InChI is InChI=1S/C24H27F3N5O/c25-24(26,27)20-6-3-7-21(17-20)29-15-13-28(14-16-29)11-4-12-30-18-31-22-8-2-1-5-19(22)9-10-23(31)32(30)33/h1-3,5-8,10,17H,4,9,11-16,18H2/q+1. The first-order valence-electron chi connectivity index (χ1n) is 11.3. The van der Waals surface area contributed by atoms with Crippen LogP contribution in [0.2, 0.25) is 0 Å². The second-order valence-corrected chi connectivity index (χ2v) is 8.70. The Labute approximate surface area is 191 Å².